The zero-order chi connectivity index (χ0) is 33.5. The number of aromatic nitrogens is 4. The summed E-state index contributed by atoms with van der Waals surface area (Å²) in [7, 11) is 1.60. The van der Waals surface area contributed by atoms with Crippen LogP contribution in [-0.2, 0) is 23.8 Å². The van der Waals surface area contributed by atoms with Crippen LogP contribution in [0.25, 0.3) is 27.6 Å². The molecule has 0 bridgehead atoms. The van der Waals surface area contributed by atoms with Gasteiger partial charge in [0.1, 0.15) is 17.3 Å². The van der Waals surface area contributed by atoms with Crippen molar-refractivity contribution < 1.29 is 19.0 Å². The Bertz CT molecular complexity index is 2110. The lowest BCUT2D eigenvalue weighted by Gasteiger charge is -2.26. The van der Waals surface area contributed by atoms with Crippen LogP contribution < -0.4 is 16.4 Å². The van der Waals surface area contributed by atoms with Crippen LogP contribution >= 0.6 is 0 Å². The normalized spacial score (nSPS) is 13.6. The number of benzene rings is 2. The third kappa shape index (κ3) is 6.17. The van der Waals surface area contributed by atoms with Crippen molar-refractivity contribution >= 4 is 28.2 Å². The number of carbonyl (C=O) groups is 1. The van der Waals surface area contributed by atoms with Gasteiger partial charge in [0, 0.05) is 49.0 Å². The number of nitrogens with zero attached hydrogens (tertiary/aromatic N) is 5. The minimum atomic E-state index is -0.656. The van der Waals surface area contributed by atoms with Crippen molar-refractivity contribution in [2.75, 3.05) is 31.6 Å². The van der Waals surface area contributed by atoms with Gasteiger partial charge in [0.15, 0.2) is 0 Å². The number of fused-ring (bicyclic) bond motifs is 1. The molecule has 1 aliphatic rings. The summed E-state index contributed by atoms with van der Waals surface area (Å²) in [6.07, 6.45) is 4.53. The highest BCUT2D eigenvalue weighted by atomic mass is 19.1. The fraction of sp³-hybridized carbons (Fsp3) is 0.286. The number of carbonyl (C=O) groups excluding carboxylic acids is 1. The lowest BCUT2D eigenvalue weighted by atomic mass is 9.86. The molecule has 0 aliphatic carbocycles. The molecule has 2 N–H and O–H groups in total. The van der Waals surface area contributed by atoms with Crippen LogP contribution in [-0.4, -0.2) is 61.5 Å². The van der Waals surface area contributed by atoms with Crippen molar-refractivity contribution in [3.05, 3.63) is 110 Å². The Labute approximate surface area is 269 Å². The number of halogens is 1. The van der Waals surface area contributed by atoms with E-state index in [1.807, 2.05) is 20.8 Å². The second kappa shape index (κ2) is 12.5. The molecule has 0 unspecified atom stereocenters. The summed E-state index contributed by atoms with van der Waals surface area (Å²) >= 11 is 0. The number of hydrogen-bond acceptors (Lipinski definition) is 8. The molecule has 12 heteroatoms. The van der Waals surface area contributed by atoms with Gasteiger partial charge in [0.25, 0.3) is 17.0 Å². The number of pyridine rings is 2. The molecule has 0 radical (unpaired) electrons. The van der Waals surface area contributed by atoms with Gasteiger partial charge >= 0.3 is 0 Å². The Hall–Kier alpha value is -5.20. The maximum absolute atomic E-state index is 15.4. The van der Waals surface area contributed by atoms with Gasteiger partial charge in [-0.15, -0.1) is 0 Å². The zero-order valence-electron chi connectivity index (χ0n) is 26.6. The van der Waals surface area contributed by atoms with E-state index in [1.165, 1.54) is 23.0 Å². The minimum absolute atomic E-state index is 0.0962. The van der Waals surface area contributed by atoms with E-state index < -0.39 is 18.0 Å². The maximum Gasteiger partial charge on any atom is 0.282 e. The summed E-state index contributed by atoms with van der Waals surface area (Å²) in [5.41, 5.74) is 1.81. The summed E-state index contributed by atoms with van der Waals surface area (Å²) in [5, 5.41) is 18.2. The van der Waals surface area contributed by atoms with Gasteiger partial charge < -0.3 is 24.6 Å². The van der Waals surface area contributed by atoms with E-state index in [1.54, 1.807) is 60.6 Å². The van der Waals surface area contributed by atoms with E-state index in [-0.39, 0.29) is 33.6 Å². The van der Waals surface area contributed by atoms with Crippen molar-refractivity contribution in [3.8, 4) is 16.8 Å². The quantitative estimate of drug-likeness (QED) is 0.282. The van der Waals surface area contributed by atoms with Crippen molar-refractivity contribution in [1.82, 2.24) is 24.2 Å². The number of aryl methyl sites for hydroxylation is 1. The van der Waals surface area contributed by atoms with E-state index in [0.717, 1.165) is 10.2 Å². The highest BCUT2D eigenvalue weighted by molar-refractivity contribution is 5.94. The van der Waals surface area contributed by atoms with E-state index in [0.29, 0.717) is 59.8 Å². The predicted octanol–water partition coefficient (Wildman–Crippen LogP) is 4.29. The first-order chi connectivity index (χ1) is 22.5. The summed E-state index contributed by atoms with van der Waals surface area (Å²) < 4.78 is 23.2. The highest BCUT2D eigenvalue weighted by Crippen LogP contribution is 2.31. The fourth-order valence-corrected chi connectivity index (χ4v) is 5.68. The van der Waals surface area contributed by atoms with Gasteiger partial charge in [-0.3, -0.25) is 14.4 Å². The molecule has 2 aromatic carbocycles. The number of anilines is 2. The first-order valence-corrected chi connectivity index (χ1v) is 15.2. The van der Waals surface area contributed by atoms with E-state index in [2.05, 4.69) is 15.4 Å². The topological polar surface area (TPSA) is 132 Å². The molecule has 1 saturated heterocycles. The average molecular weight is 639 g/mol. The van der Waals surface area contributed by atoms with Crippen LogP contribution in [0.15, 0.2) is 76.7 Å². The minimum Gasteiger partial charge on any atom is -0.392 e. The number of nitrogens with one attached hydrogen (secondary N) is 1. The molecule has 242 valence electrons. The second-order valence-electron chi connectivity index (χ2n) is 12.5. The molecule has 1 aliphatic heterocycles. The summed E-state index contributed by atoms with van der Waals surface area (Å²) in [6, 6.07) is 13.1. The standard InChI is InChI=1S/C35H35FN6O5/c1-35(2,3)24-14-22-18-38-42(34(46)31(22)27(36)16-24)29-7-5-6-25(26(29)20-43)23-15-28(33(45)40(4)19-23)39-30-9-8-21(17-37-30)32(44)41-10-12-47-13-11-41/h5-9,14-19,43H,10-13,20H2,1-4H3,(H,37,39). The Morgan fingerprint density at radius 1 is 1.04 bits per heavy atom. The van der Waals surface area contributed by atoms with Crippen LogP contribution in [0, 0.1) is 5.82 Å². The number of aliphatic hydroxyl groups is 1. The molecule has 5 aromatic rings. The number of amides is 1. The molecule has 6 rings (SSSR count). The van der Waals surface area contributed by atoms with Crippen LogP contribution in [0.3, 0.4) is 0 Å². The second-order valence-corrected chi connectivity index (χ2v) is 12.5. The highest BCUT2D eigenvalue weighted by Gasteiger charge is 2.22. The first kappa shape index (κ1) is 31.8. The van der Waals surface area contributed by atoms with Crippen LogP contribution in [0.5, 0.6) is 0 Å². The van der Waals surface area contributed by atoms with Gasteiger partial charge in [-0.1, -0.05) is 32.9 Å². The molecule has 1 amide bonds. The van der Waals surface area contributed by atoms with Gasteiger partial charge in [0.05, 0.1) is 42.7 Å². The number of hydrogen-bond donors (Lipinski definition) is 2. The third-order valence-electron chi connectivity index (χ3n) is 8.31. The Morgan fingerprint density at radius 2 is 1.81 bits per heavy atom. The average Bonchev–Trinajstić information content (AvgIpc) is 3.06. The number of rotatable bonds is 6. The Kier molecular flexibility index (Phi) is 8.47. The lowest BCUT2D eigenvalue weighted by molar-refractivity contribution is 0.0302. The number of ether oxygens (including phenoxy) is 1. The molecule has 0 saturated carbocycles. The molecule has 0 spiro atoms. The van der Waals surface area contributed by atoms with Gasteiger partial charge in [-0.25, -0.2) is 9.37 Å². The van der Waals surface area contributed by atoms with Crippen LogP contribution in [0.4, 0.5) is 15.9 Å². The monoisotopic (exact) mass is 638 g/mol. The molecule has 4 heterocycles. The maximum atomic E-state index is 15.4. The molecule has 47 heavy (non-hydrogen) atoms. The molecule has 0 atom stereocenters. The Balaban J connectivity index is 1.36. The van der Waals surface area contributed by atoms with E-state index >= 15 is 4.39 Å². The smallest absolute Gasteiger partial charge is 0.282 e. The van der Waals surface area contributed by atoms with E-state index in [4.69, 9.17) is 4.74 Å². The Morgan fingerprint density at radius 3 is 2.49 bits per heavy atom. The first-order valence-electron chi connectivity index (χ1n) is 15.2. The van der Waals surface area contributed by atoms with Gasteiger partial charge in [0.2, 0.25) is 0 Å². The lowest BCUT2D eigenvalue weighted by Crippen LogP contribution is -2.40. The molecule has 11 nitrogen and oxygen atoms in total. The van der Waals surface area contributed by atoms with Crippen molar-refractivity contribution in [1.29, 1.82) is 0 Å². The third-order valence-corrected chi connectivity index (χ3v) is 8.31. The number of aliphatic hydroxyl groups excluding tert-OH is 1. The van der Waals surface area contributed by atoms with Crippen LogP contribution in [0.2, 0.25) is 0 Å². The SMILES string of the molecule is Cn1cc(-c2cccc(-n3ncc4cc(C(C)(C)C)cc(F)c4c3=O)c2CO)cc(Nc2ccc(C(=O)N3CCOCC3)cn2)c1=O. The zero-order valence-corrected chi connectivity index (χ0v) is 26.6. The van der Waals surface area contributed by atoms with Crippen molar-refractivity contribution in [2.45, 2.75) is 32.8 Å². The summed E-state index contributed by atoms with van der Waals surface area (Å²) in [5.74, 6) is -0.423. The summed E-state index contributed by atoms with van der Waals surface area (Å²) in [4.78, 5) is 45.6. The molecule has 1 fully saturated rings. The summed E-state index contributed by atoms with van der Waals surface area (Å²) in [6.45, 7) is 7.43. The predicted molar refractivity (Wildman–Crippen MR) is 177 cm³/mol. The molecular formula is C35H35FN6O5. The molecular weight excluding hydrogens is 603 g/mol. The fourth-order valence-electron chi connectivity index (χ4n) is 5.68. The van der Waals surface area contributed by atoms with Crippen molar-refractivity contribution in [2.24, 2.45) is 7.05 Å². The van der Waals surface area contributed by atoms with Crippen molar-refractivity contribution in [3.63, 3.8) is 0 Å². The molecule has 3 aromatic heterocycles. The largest absolute Gasteiger partial charge is 0.392 e. The number of morpholine rings is 1. The van der Waals surface area contributed by atoms with Crippen LogP contribution in [0.1, 0.15) is 42.3 Å². The van der Waals surface area contributed by atoms with Gasteiger partial charge in [-0.2, -0.15) is 9.78 Å². The van der Waals surface area contributed by atoms with Gasteiger partial charge in [-0.05, 0) is 52.9 Å². The van der Waals surface area contributed by atoms with E-state index in [9.17, 15) is 19.5 Å².